The maximum atomic E-state index is 12.7. The highest BCUT2D eigenvalue weighted by Crippen LogP contribution is 2.35. The molecule has 21 heavy (non-hydrogen) atoms. The minimum Gasteiger partial charge on any atom is -0.491 e. The Hall–Kier alpha value is -1.76. The number of amides is 1. The van der Waals surface area contributed by atoms with E-state index in [9.17, 15) is 18.0 Å². The third-order valence-electron chi connectivity index (χ3n) is 2.65. The van der Waals surface area contributed by atoms with Crippen molar-refractivity contribution < 1.29 is 22.7 Å². The summed E-state index contributed by atoms with van der Waals surface area (Å²) in [6.45, 7) is 2.58. The van der Waals surface area contributed by atoms with E-state index in [2.05, 4.69) is 5.32 Å². The fraction of sp³-hybridized carbons (Fsp3) is 0.500. The average Bonchev–Trinajstić information content (AvgIpc) is 2.42. The van der Waals surface area contributed by atoms with Crippen LogP contribution in [0, 0.1) is 0 Å². The first-order valence-electron chi connectivity index (χ1n) is 6.72. The van der Waals surface area contributed by atoms with E-state index < -0.39 is 11.7 Å². The maximum absolute atomic E-state index is 12.7. The van der Waals surface area contributed by atoms with E-state index >= 15 is 0 Å². The van der Waals surface area contributed by atoms with Gasteiger partial charge in [0.25, 0.3) is 0 Å². The van der Waals surface area contributed by atoms with E-state index in [-0.39, 0.29) is 23.8 Å². The molecular weight excluding hydrogens is 285 g/mol. The molecule has 0 heterocycles. The predicted molar refractivity (Wildman–Crippen MR) is 74.1 cm³/mol. The molecule has 0 atom stereocenters. The van der Waals surface area contributed by atoms with Crippen molar-refractivity contribution in [3.63, 3.8) is 0 Å². The first-order chi connectivity index (χ1) is 9.88. The van der Waals surface area contributed by atoms with Gasteiger partial charge in [-0.3, -0.25) is 4.79 Å². The number of carbonyl (C=O) groups excluding carboxylic acids is 1. The Kier molecular flexibility index (Phi) is 6.48. The van der Waals surface area contributed by atoms with Gasteiger partial charge in [-0.15, -0.1) is 0 Å². The first kappa shape index (κ1) is 17.3. The number of hydrogen-bond acceptors (Lipinski definition) is 3. The number of nitrogens with one attached hydrogen (secondary N) is 1. The van der Waals surface area contributed by atoms with Gasteiger partial charge in [-0.05, 0) is 37.6 Å². The Labute approximate surface area is 121 Å². The summed E-state index contributed by atoms with van der Waals surface area (Å²) < 4.78 is 43.5. The van der Waals surface area contributed by atoms with Crippen LogP contribution < -0.4 is 15.8 Å². The Balaban J connectivity index is 2.96. The topological polar surface area (TPSA) is 64.3 Å². The maximum Gasteiger partial charge on any atom is 0.416 e. The fourth-order valence-corrected chi connectivity index (χ4v) is 1.62. The molecule has 0 spiro atoms. The van der Waals surface area contributed by atoms with Crippen LogP contribution in [-0.2, 0) is 11.0 Å². The lowest BCUT2D eigenvalue weighted by Gasteiger charge is -2.15. The number of rotatable bonds is 7. The molecule has 0 radical (unpaired) electrons. The summed E-state index contributed by atoms with van der Waals surface area (Å²) in [6, 6.07) is 3.03. The molecule has 0 bridgehead atoms. The molecule has 0 aliphatic heterocycles. The van der Waals surface area contributed by atoms with E-state index in [1.54, 1.807) is 0 Å². The van der Waals surface area contributed by atoms with E-state index in [4.69, 9.17) is 10.5 Å². The average molecular weight is 304 g/mol. The molecule has 1 amide bonds. The summed E-state index contributed by atoms with van der Waals surface area (Å²) >= 11 is 0. The van der Waals surface area contributed by atoms with Crippen LogP contribution in [0.2, 0.25) is 0 Å². The predicted octanol–water partition coefficient (Wildman–Crippen LogP) is 3.17. The molecule has 0 aliphatic carbocycles. The number of ether oxygens (including phenoxy) is 1. The highest BCUT2D eigenvalue weighted by atomic mass is 19.4. The molecule has 0 aromatic heterocycles. The smallest absolute Gasteiger partial charge is 0.416 e. The first-order valence-corrected chi connectivity index (χ1v) is 6.72. The molecule has 4 nitrogen and oxygen atoms in total. The van der Waals surface area contributed by atoms with Gasteiger partial charge in [0.05, 0.1) is 17.9 Å². The van der Waals surface area contributed by atoms with Crippen LogP contribution >= 0.6 is 0 Å². The molecule has 0 fully saturated rings. The lowest BCUT2D eigenvalue weighted by Crippen LogP contribution is -2.15. The van der Waals surface area contributed by atoms with Crippen molar-refractivity contribution in [1.82, 2.24) is 0 Å². The lowest BCUT2D eigenvalue weighted by atomic mass is 10.1. The number of hydrogen-bond donors (Lipinski definition) is 2. The lowest BCUT2D eigenvalue weighted by molar-refractivity contribution is -0.137. The Bertz CT molecular complexity index is 476. The standard InChI is InChI=1S/C14H19F3N2O2/c1-2-8-21-12-6-5-10(14(15,16)17)9-11(12)19-13(20)4-3-7-18/h5-6,9H,2-4,7-8,18H2,1H3,(H,19,20). The van der Waals surface area contributed by atoms with E-state index in [1.807, 2.05) is 6.92 Å². The van der Waals surface area contributed by atoms with Crippen LogP contribution in [0.4, 0.5) is 18.9 Å². The molecule has 0 saturated heterocycles. The van der Waals surface area contributed by atoms with Gasteiger partial charge in [0.1, 0.15) is 5.75 Å². The third-order valence-corrected chi connectivity index (χ3v) is 2.65. The Morgan fingerprint density at radius 1 is 1.38 bits per heavy atom. The molecule has 118 valence electrons. The second-order valence-electron chi connectivity index (χ2n) is 4.50. The largest absolute Gasteiger partial charge is 0.491 e. The zero-order chi connectivity index (χ0) is 15.9. The minimum absolute atomic E-state index is 0.0281. The number of halogens is 3. The molecular formula is C14H19F3N2O2. The van der Waals surface area contributed by atoms with Crippen LogP contribution in [0.1, 0.15) is 31.7 Å². The Morgan fingerprint density at radius 2 is 2.10 bits per heavy atom. The summed E-state index contributed by atoms with van der Waals surface area (Å²) in [5.74, 6) is -0.160. The van der Waals surface area contributed by atoms with Gasteiger partial charge in [-0.1, -0.05) is 6.92 Å². The van der Waals surface area contributed by atoms with Gasteiger partial charge < -0.3 is 15.8 Å². The number of benzene rings is 1. The van der Waals surface area contributed by atoms with Crippen LogP contribution in [0.15, 0.2) is 18.2 Å². The fourth-order valence-electron chi connectivity index (χ4n) is 1.62. The van der Waals surface area contributed by atoms with Crippen LogP contribution in [0.5, 0.6) is 5.75 Å². The number of nitrogens with two attached hydrogens (primary N) is 1. The van der Waals surface area contributed by atoms with Gasteiger partial charge in [0.15, 0.2) is 0 Å². The molecule has 1 aromatic carbocycles. The van der Waals surface area contributed by atoms with Gasteiger partial charge in [-0.2, -0.15) is 13.2 Å². The molecule has 7 heteroatoms. The van der Waals surface area contributed by atoms with Crippen molar-refractivity contribution in [1.29, 1.82) is 0 Å². The molecule has 0 saturated carbocycles. The minimum atomic E-state index is -4.47. The summed E-state index contributed by atoms with van der Waals surface area (Å²) in [4.78, 5) is 11.7. The second kappa shape index (κ2) is 7.87. The Morgan fingerprint density at radius 3 is 2.67 bits per heavy atom. The van der Waals surface area contributed by atoms with Gasteiger partial charge in [-0.25, -0.2) is 0 Å². The van der Waals surface area contributed by atoms with Crippen molar-refractivity contribution in [2.24, 2.45) is 5.73 Å². The normalized spacial score (nSPS) is 11.3. The SMILES string of the molecule is CCCOc1ccc(C(F)(F)F)cc1NC(=O)CCCN. The van der Waals surface area contributed by atoms with E-state index in [1.165, 1.54) is 6.07 Å². The molecule has 0 aliphatic rings. The monoisotopic (exact) mass is 304 g/mol. The van der Waals surface area contributed by atoms with Gasteiger partial charge >= 0.3 is 6.18 Å². The molecule has 3 N–H and O–H groups in total. The van der Waals surface area contributed by atoms with Gasteiger partial charge in [0, 0.05) is 6.42 Å². The summed E-state index contributed by atoms with van der Waals surface area (Å²) in [5.41, 5.74) is 4.49. The van der Waals surface area contributed by atoms with E-state index in [0.717, 1.165) is 12.1 Å². The number of anilines is 1. The van der Waals surface area contributed by atoms with Crippen LogP contribution in [-0.4, -0.2) is 19.1 Å². The molecule has 1 aromatic rings. The van der Waals surface area contributed by atoms with Crippen molar-refractivity contribution in [2.75, 3.05) is 18.5 Å². The van der Waals surface area contributed by atoms with Crippen LogP contribution in [0.3, 0.4) is 0 Å². The zero-order valence-electron chi connectivity index (χ0n) is 11.8. The second-order valence-corrected chi connectivity index (χ2v) is 4.50. The quantitative estimate of drug-likeness (QED) is 0.813. The van der Waals surface area contributed by atoms with Gasteiger partial charge in [0.2, 0.25) is 5.91 Å². The highest BCUT2D eigenvalue weighted by molar-refractivity contribution is 5.92. The molecule has 1 rings (SSSR count). The van der Waals surface area contributed by atoms with Crippen molar-refractivity contribution in [3.05, 3.63) is 23.8 Å². The van der Waals surface area contributed by atoms with Crippen molar-refractivity contribution in [3.8, 4) is 5.75 Å². The van der Waals surface area contributed by atoms with Crippen LogP contribution in [0.25, 0.3) is 0 Å². The third kappa shape index (κ3) is 5.63. The zero-order valence-corrected chi connectivity index (χ0v) is 11.8. The number of alkyl halides is 3. The van der Waals surface area contributed by atoms with E-state index in [0.29, 0.717) is 26.0 Å². The van der Waals surface area contributed by atoms with Crippen molar-refractivity contribution in [2.45, 2.75) is 32.4 Å². The summed E-state index contributed by atoms with van der Waals surface area (Å²) in [7, 11) is 0. The summed E-state index contributed by atoms with van der Waals surface area (Å²) in [6.07, 6.45) is -3.14. The number of carbonyl (C=O) groups is 1. The summed E-state index contributed by atoms with van der Waals surface area (Å²) in [5, 5.41) is 2.45. The highest BCUT2D eigenvalue weighted by Gasteiger charge is 2.31. The van der Waals surface area contributed by atoms with Crippen molar-refractivity contribution >= 4 is 11.6 Å². The molecule has 0 unspecified atom stereocenters.